The topological polar surface area (TPSA) is 58.6 Å². The van der Waals surface area contributed by atoms with E-state index in [-0.39, 0.29) is 25.0 Å². The second-order valence-corrected chi connectivity index (χ2v) is 4.27. The van der Waals surface area contributed by atoms with Gasteiger partial charge >= 0.3 is 0 Å². The zero-order valence-corrected chi connectivity index (χ0v) is 10.7. The fraction of sp³-hybridized carbons (Fsp3) is 0.333. The fourth-order valence-electron chi connectivity index (χ4n) is 1.75. The van der Waals surface area contributed by atoms with E-state index in [1.807, 2.05) is 6.92 Å². The quantitative estimate of drug-likeness (QED) is 0.896. The molecule has 5 nitrogen and oxygen atoms in total. The van der Waals surface area contributed by atoms with Crippen LogP contribution < -0.4 is 15.0 Å². The Morgan fingerprint density at radius 3 is 3.06 bits per heavy atom. The van der Waals surface area contributed by atoms with Crippen molar-refractivity contribution < 1.29 is 14.3 Å². The van der Waals surface area contributed by atoms with Crippen LogP contribution in [0.15, 0.2) is 18.2 Å². The lowest BCUT2D eigenvalue weighted by Crippen LogP contribution is -2.45. The van der Waals surface area contributed by atoms with Crippen molar-refractivity contribution in [3.05, 3.63) is 23.2 Å². The summed E-state index contributed by atoms with van der Waals surface area (Å²) in [5.74, 6) is 0.0954. The van der Waals surface area contributed by atoms with E-state index >= 15 is 0 Å². The number of nitrogens with one attached hydrogen (secondary N) is 1. The highest BCUT2D eigenvalue weighted by Gasteiger charge is 2.27. The molecule has 0 fully saturated rings. The first-order valence-electron chi connectivity index (χ1n) is 5.61. The van der Waals surface area contributed by atoms with Gasteiger partial charge in [-0.15, -0.1) is 0 Å². The Morgan fingerprint density at radius 1 is 1.56 bits per heavy atom. The van der Waals surface area contributed by atoms with Gasteiger partial charge in [-0.2, -0.15) is 0 Å². The van der Waals surface area contributed by atoms with Crippen molar-refractivity contribution in [3.63, 3.8) is 0 Å². The largest absolute Gasteiger partial charge is 0.482 e. The van der Waals surface area contributed by atoms with Gasteiger partial charge in [0, 0.05) is 11.6 Å². The minimum absolute atomic E-state index is 0.0244. The molecule has 0 bridgehead atoms. The van der Waals surface area contributed by atoms with Crippen LogP contribution in [0.4, 0.5) is 5.69 Å². The minimum atomic E-state index is -0.254. The van der Waals surface area contributed by atoms with Gasteiger partial charge in [-0.1, -0.05) is 11.6 Å². The monoisotopic (exact) mass is 268 g/mol. The highest BCUT2D eigenvalue weighted by atomic mass is 35.5. The van der Waals surface area contributed by atoms with Crippen LogP contribution in [0.25, 0.3) is 0 Å². The van der Waals surface area contributed by atoms with Crippen LogP contribution in [0, 0.1) is 0 Å². The van der Waals surface area contributed by atoms with Crippen LogP contribution in [0.2, 0.25) is 5.02 Å². The van der Waals surface area contributed by atoms with Gasteiger partial charge in [0.15, 0.2) is 6.61 Å². The Bertz CT molecular complexity index is 490. The predicted molar refractivity (Wildman–Crippen MR) is 68.0 cm³/mol. The maximum Gasteiger partial charge on any atom is 0.265 e. The predicted octanol–water partition coefficient (Wildman–Crippen LogP) is 1.20. The zero-order chi connectivity index (χ0) is 13.1. The van der Waals surface area contributed by atoms with Crippen molar-refractivity contribution in [1.82, 2.24) is 5.32 Å². The number of anilines is 1. The molecule has 0 radical (unpaired) electrons. The fourth-order valence-corrected chi connectivity index (χ4v) is 1.91. The average Bonchev–Trinajstić information content (AvgIpc) is 2.33. The third-order valence-corrected chi connectivity index (χ3v) is 2.77. The van der Waals surface area contributed by atoms with Gasteiger partial charge < -0.3 is 10.1 Å². The van der Waals surface area contributed by atoms with Crippen molar-refractivity contribution >= 4 is 29.1 Å². The van der Waals surface area contributed by atoms with Crippen LogP contribution in [0.1, 0.15) is 6.92 Å². The van der Waals surface area contributed by atoms with Gasteiger partial charge in [0.1, 0.15) is 12.3 Å². The normalized spacial score (nSPS) is 13.9. The first kappa shape index (κ1) is 12.7. The molecule has 18 heavy (non-hydrogen) atoms. The number of amides is 2. The number of hydrogen-bond acceptors (Lipinski definition) is 3. The number of hydrogen-bond donors (Lipinski definition) is 1. The number of halogens is 1. The second kappa shape index (κ2) is 5.27. The van der Waals surface area contributed by atoms with E-state index < -0.39 is 0 Å². The number of benzene rings is 1. The van der Waals surface area contributed by atoms with Gasteiger partial charge in [0.25, 0.3) is 5.91 Å². The Balaban J connectivity index is 2.27. The van der Waals surface area contributed by atoms with E-state index in [0.29, 0.717) is 23.0 Å². The number of fused-ring (bicyclic) bond motifs is 1. The molecule has 0 spiro atoms. The Hall–Kier alpha value is -1.75. The van der Waals surface area contributed by atoms with Crippen molar-refractivity contribution in [2.75, 3.05) is 24.6 Å². The molecule has 0 unspecified atom stereocenters. The maximum atomic E-state index is 11.8. The van der Waals surface area contributed by atoms with Crippen LogP contribution in [-0.2, 0) is 9.59 Å². The van der Waals surface area contributed by atoms with Crippen molar-refractivity contribution in [2.24, 2.45) is 0 Å². The standard InChI is InChI=1S/C12H13ClN2O3/c1-2-14-11(16)6-15-9-5-8(13)3-4-10(9)18-7-12(15)17/h3-5H,2,6-7H2,1H3,(H,14,16). The lowest BCUT2D eigenvalue weighted by atomic mass is 10.2. The number of nitrogens with zero attached hydrogens (tertiary/aromatic N) is 1. The summed E-state index contributed by atoms with van der Waals surface area (Å²) in [4.78, 5) is 24.7. The SMILES string of the molecule is CCNC(=O)CN1C(=O)COc2ccc(Cl)cc21. The highest BCUT2D eigenvalue weighted by Crippen LogP contribution is 2.34. The summed E-state index contributed by atoms with van der Waals surface area (Å²) in [7, 11) is 0. The maximum absolute atomic E-state index is 11.8. The van der Waals surface area contributed by atoms with Gasteiger partial charge in [0.2, 0.25) is 5.91 Å². The van der Waals surface area contributed by atoms with Gasteiger partial charge in [-0.25, -0.2) is 0 Å². The summed E-state index contributed by atoms with van der Waals surface area (Å²) in [6.45, 7) is 2.26. The molecule has 1 aromatic rings. The Kier molecular flexibility index (Phi) is 3.72. The summed E-state index contributed by atoms with van der Waals surface area (Å²) in [5.41, 5.74) is 0.532. The van der Waals surface area contributed by atoms with Crippen LogP contribution >= 0.6 is 11.6 Å². The molecule has 6 heteroatoms. The molecule has 0 aliphatic carbocycles. The summed E-state index contributed by atoms with van der Waals surface area (Å²) in [6, 6.07) is 4.99. The molecule has 0 aromatic heterocycles. The molecule has 0 atom stereocenters. The smallest absolute Gasteiger partial charge is 0.265 e. The molecule has 0 saturated heterocycles. The third-order valence-electron chi connectivity index (χ3n) is 2.54. The molecular weight excluding hydrogens is 256 g/mol. The number of carbonyl (C=O) groups excluding carboxylic acids is 2. The molecule has 1 heterocycles. The molecule has 2 rings (SSSR count). The highest BCUT2D eigenvalue weighted by molar-refractivity contribution is 6.31. The minimum Gasteiger partial charge on any atom is -0.482 e. The molecule has 1 aliphatic rings. The molecule has 96 valence electrons. The summed E-state index contributed by atoms with van der Waals surface area (Å²) >= 11 is 5.89. The van der Waals surface area contributed by atoms with Gasteiger partial charge in [0.05, 0.1) is 5.69 Å². The van der Waals surface area contributed by atoms with E-state index in [0.717, 1.165) is 0 Å². The van der Waals surface area contributed by atoms with Gasteiger partial charge in [-0.3, -0.25) is 14.5 Å². The van der Waals surface area contributed by atoms with E-state index in [9.17, 15) is 9.59 Å². The number of carbonyl (C=O) groups is 2. The van der Waals surface area contributed by atoms with E-state index in [4.69, 9.17) is 16.3 Å². The Morgan fingerprint density at radius 2 is 2.33 bits per heavy atom. The van der Waals surface area contributed by atoms with Crippen LogP contribution in [0.3, 0.4) is 0 Å². The first-order chi connectivity index (χ1) is 8.61. The molecule has 1 aromatic carbocycles. The summed E-state index contributed by atoms with van der Waals surface area (Å²) in [5, 5.41) is 3.15. The first-order valence-corrected chi connectivity index (χ1v) is 5.99. The molecule has 2 amide bonds. The third kappa shape index (κ3) is 2.56. The van der Waals surface area contributed by atoms with Crippen molar-refractivity contribution in [2.45, 2.75) is 6.92 Å². The molecular formula is C12H13ClN2O3. The summed E-state index contributed by atoms with van der Waals surface area (Å²) in [6.07, 6.45) is 0. The van der Waals surface area contributed by atoms with E-state index in [2.05, 4.69) is 5.32 Å². The second-order valence-electron chi connectivity index (χ2n) is 3.83. The summed E-state index contributed by atoms with van der Waals surface area (Å²) < 4.78 is 5.28. The lowest BCUT2D eigenvalue weighted by Gasteiger charge is -2.28. The van der Waals surface area contributed by atoms with Crippen LogP contribution in [0.5, 0.6) is 5.75 Å². The molecule has 1 N–H and O–H groups in total. The van der Waals surface area contributed by atoms with E-state index in [1.54, 1.807) is 18.2 Å². The number of rotatable bonds is 3. The molecule has 0 saturated carbocycles. The average molecular weight is 269 g/mol. The Labute approximate surface area is 110 Å². The zero-order valence-electron chi connectivity index (χ0n) is 9.90. The van der Waals surface area contributed by atoms with Crippen LogP contribution in [-0.4, -0.2) is 31.5 Å². The van der Waals surface area contributed by atoms with Crippen molar-refractivity contribution in [1.29, 1.82) is 0 Å². The van der Waals surface area contributed by atoms with Gasteiger partial charge in [-0.05, 0) is 25.1 Å². The molecule has 1 aliphatic heterocycles. The lowest BCUT2D eigenvalue weighted by molar-refractivity contribution is -0.125. The van der Waals surface area contributed by atoms with E-state index in [1.165, 1.54) is 4.90 Å². The number of ether oxygens (including phenoxy) is 1. The van der Waals surface area contributed by atoms with Crippen molar-refractivity contribution in [3.8, 4) is 5.75 Å². The number of likely N-dealkylation sites (N-methyl/N-ethyl adjacent to an activating group) is 1.